The molecule has 6 rings (SSSR count). The summed E-state index contributed by atoms with van der Waals surface area (Å²) in [5, 5.41) is 14.1. The van der Waals surface area contributed by atoms with Gasteiger partial charge < -0.3 is 5.32 Å². The molecule has 9 heteroatoms. The standard InChI is InChI=1S/C30H22N8O/c1-2-24(36-28-23-13-19(14-31)11-12-25(23)34-18-35-28)29-37-26-10-6-9-22(20-15-32-17-33-16-20)27(26)30(39)38(29)21-7-4-3-5-8-21/h3-13,15-18,24H,2H2,1H3,(H,34,35,36). The molecule has 1 atom stereocenters. The fourth-order valence-electron chi connectivity index (χ4n) is 4.74. The number of anilines is 1. The summed E-state index contributed by atoms with van der Waals surface area (Å²) in [6, 6.07) is 22.1. The second-order valence-electron chi connectivity index (χ2n) is 8.94. The third-order valence-corrected chi connectivity index (χ3v) is 6.60. The smallest absolute Gasteiger partial charge is 0.266 e. The highest BCUT2D eigenvalue weighted by atomic mass is 16.1. The highest BCUT2D eigenvalue weighted by Crippen LogP contribution is 2.30. The molecule has 188 valence electrons. The van der Waals surface area contributed by atoms with E-state index in [4.69, 9.17) is 4.98 Å². The molecule has 3 aromatic carbocycles. The number of nitrogens with one attached hydrogen (secondary N) is 1. The highest BCUT2D eigenvalue weighted by Gasteiger charge is 2.23. The van der Waals surface area contributed by atoms with E-state index in [-0.39, 0.29) is 11.6 Å². The Bertz CT molecular complexity index is 1910. The number of aromatic nitrogens is 6. The van der Waals surface area contributed by atoms with Gasteiger partial charge in [-0.1, -0.05) is 37.3 Å². The zero-order chi connectivity index (χ0) is 26.8. The highest BCUT2D eigenvalue weighted by molar-refractivity contribution is 5.94. The van der Waals surface area contributed by atoms with Gasteiger partial charge in [0, 0.05) is 23.3 Å². The summed E-state index contributed by atoms with van der Waals surface area (Å²) >= 11 is 0. The molecular formula is C30H22N8O. The first-order valence-corrected chi connectivity index (χ1v) is 12.5. The molecule has 0 spiro atoms. The third-order valence-electron chi connectivity index (χ3n) is 6.60. The zero-order valence-electron chi connectivity index (χ0n) is 21.0. The molecule has 1 unspecified atom stereocenters. The van der Waals surface area contributed by atoms with Gasteiger partial charge in [0.2, 0.25) is 0 Å². The third kappa shape index (κ3) is 4.34. The lowest BCUT2D eigenvalue weighted by molar-refractivity contribution is 0.659. The van der Waals surface area contributed by atoms with Gasteiger partial charge >= 0.3 is 0 Å². The van der Waals surface area contributed by atoms with Crippen LogP contribution >= 0.6 is 0 Å². The summed E-state index contributed by atoms with van der Waals surface area (Å²) < 4.78 is 1.65. The van der Waals surface area contributed by atoms with Gasteiger partial charge in [0.1, 0.15) is 24.3 Å². The van der Waals surface area contributed by atoms with E-state index in [2.05, 4.69) is 31.3 Å². The van der Waals surface area contributed by atoms with E-state index in [1.807, 2.05) is 55.5 Å². The van der Waals surface area contributed by atoms with Crippen molar-refractivity contribution in [3.8, 4) is 22.9 Å². The second-order valence-corrected chi connectivity index (χ2v) is 8.94. The average Bonchev–Trinajstić information content (AvgIpc) is 3.00. The summed E-state index contributed by atoms with van der Waals surface area (Å²) in [5.74, 6) is 1.11. The molecule has 0 aliphatic heterocycles. The number of benzene rings is 3. The molecule has 0 bridgehead atoms. The summed E-state index contributed by atoms with van der Waals surface area (Å²) in [7, 11) is 0. The van der Waals surface area contributed by atoms with Gasteiger partial charge in [0.15, 0.2) is 0 Å². The number of rotatable bonds is 6. The van der Waals surface area contributed by atoms with Crippen LogP contribution in [0.1, 0.15) is 30.8 Å². The predicted molar refractivity (Wildman–Crippen MR) is 149 cm³/mol. The lowest BCUT2D eigenvalue weighted by Gasteiger charge is -2.23. The lowest BCUT2D eigenvalue weighted by atomic mass is 10.0. The van der Waals surface area contributed by atoms with Crippen molar-refractivity contribution in [1.82, 2.24) is 29.5 Å². The maximum Gasteiger partial charge on any atom is 0.266 e. The summed E-state index contributed by atoms with van der Waals surface area (Å²) in [6.45, 7) is 2.02. The van der Waals surface area contributed by atoms with E-state index >= 15 is 0 Å². The van der Waals surface area contributed by atoms with Crippen LogP contribution in [0, 0.1) is 11.3 Å². The van der Waals surface area contributed by atoms with Crippen LogP contribution < -0.4 is 10.9 Å². The molecule has 0 amide bonds. The Hall–Kier alpha value is -5.49. The van der Waals surface area contributed by atoms with Gasteiger partial charge in [-0.05, 0) is 48.4 Å². The van der Waals surface area contributed by atoms with Crippen LogP contribution in [0.25, 0.3) is 38.6 Å². The number of hydrogen-bond acceptors (Lipinski definition) is 8. The van der Waals surface area contributed by atoms with E-state index in [0.29, 0.717) is 51.3 Å². The molecule has 3 aromatic heterocycles. The van der Waals surface area contributed by atoms with Crippen LogP contribution in [0.2, 0.25) is 0 Å². The van der Waals surface area contributed by atoms with E-state index in [1.54, 1.807) is 35.2 Å². The molecule has 0 radical (unpaired) electrons. The largest absolute Gasteiger partial charge is 0.359 e. The van der Waals surface area contributed by atoms with Crippen molar-refractivity contribution in [2.45, 2.75) is 19.4 Å². The van der Waals surface area contributed by atoms with Gasteiger partial charge in [0.25, 0.3) is 5.56 Å². The van der Waals surface area contributed by atoms with E-state index < -0.39 is 0 Å². The lowest BCUT2D eigenvalue weighted by Crippen LogP contribution is -2.28. The Morgan fingerprint density at radius 3 is 2.54 bits per heavy atom. The first-order valence-electron chi connectivity index (χ1n) is 12.5. The van der Waals surface area contributed by atoms with Crippen molar-refractivity contribution >= 4 is 27.6 Å². The first-order chi connectivity index (χ1) is 19.2. The number of nitriles is 1. The van der Waals surface area contributed by atoms with Crippen molar-refractivity contribution in [1.29, 1.82) is 5.26 Å². The normalized spacial score (nSPS) is 11.8. The van der Waals surface area contributed by atoms with Crippen LogP contribution in [0.3, 0.4) is 0 Å². The Morgan fingerprint density at radius 1 is 0.949 bits per heavy atom. The van der Waals surface area contributed by atoms with E-state index in [0.717, 1.165) is 10.9 Å². The van der Waals surface area contributed by atoms with Gasteiger partial charge in [0.05, 0.1) is 39.8 Å². The molecule has 1 N–H and O–H groups in total. The SMILES string of the molecule is CCC(Nc1ncnc2ccc(C#N)cc12)c1nc2cccc(-c3cncnc3)c2c(=O)n1-c1ccccc1. The average molecular weight is 511 g/mol. The molecule has 3 heterocycles. The molecule has 0 fully saturated rings. The number of para-hydroxylation sites is 1. The minimum absolute atomic E-state index is 0.194. The maximum absolute atomic E-state index is 14.3. The monoisotopic (exact) mass is 510 g/mol. The van der Waals surface area contributed by atoms with Crippen LogP contribution in [0.5, 0.6) is 0 Å². The summed E-state index contributed by atoms with van der Waals surface area (Å²) in [5.41, 5.74) is 3.75. The van der Waals surface area contributed by atoms with Crippen molar-refractivity contribution in [2.75, 3.05) is 5.32 Å². The van der Waals surface area contributed by atoms with Gasteiger partial charge in [-0.3, -0.25) is 9.36 Å². The number of hydrogen-bond donors (Lipinski definition) is 1. The van der Waals surface area contributed by atoms with Crippen LogP contribution in [0.15, 0.2) is 96.6 Å². The molecule has 6 aromatic rings. The zero-order valence-corrected chi connectivity index (χ0v) is 21.0. The predicted octanol–water partition coefficient (Wildman–Crippen LogP) is 5.22. The molecule has 0 aliphatic rings. The van der Waals surface area contributed by atoms with Gasteiger partial charge in [-0.15, -0.1) is 0 Å². The topological polar surface area (TPSA) is 122 Å². The minimum Gasteiger partial charge on any atom is -0.359 e. The molecule has 0 aliphatic carbocycles. The second kappa shape index (κ2) is 10.1. The Kier molecular flexibility index (Phi) is 6.19. The molecular weight excluding hydrogens is 488 g/mol. The molecule has 9 nitrogen and oxygen atoms in total. The fourth-order valence-corrected chi connectivity index (χ4v) is 4.74. The number of nitrogens with zero attached hydrogens (tertiary/aromatic N) is 7. The van der Waals surface area contributed by atoms with Gasteiger partial charge in [-0.25, -0.2) is 24.9 Å². The van der Waals surface area contributed by atoms with Crippen molar-refractivity contribution in [3.05, 3.63) is 114 Å². The Morgan fingerprint density at radius 2 is 1.77 bits per heavy atom. The van der Waals surface area contributed by atoms with Crippen molar-refractivity contribution < 1.29 is 0 Å². The number of fused-ring (bicyclic) bond motifs is 2. The summed E-state index contributed by atoms with van der Waals surface area (Å²) in [6.07, 6.45) is 6.93. The molecule has 39 heavy (non-hydrogen) atoms. The first kappa shape index (κ1) is 23.9. The molecule has 0 saturated carbocycles. The summed E-state index contributed by atoms with van der Waals surface area (Å²) in [4.78, 5) is 36.4. The maximum atomic E-state index is 14.3. The quantitative estimate of drug-likeness (QED) is 0.324. The molecule has 0 saturated heterocycles. The van der Waals surface area contributed by atoms with Crippen LogP contribution in [-0.2, 0) is 0 Å². The van der Waals surface area contributed by atoms with Crippen LogP contribution in [-0.4, -0.2) is 29.5 Å². The fraction of sp³-hybridized carbons (Fsp3) is 0.100. The Labute approximate surface area is 223 Å². The van der Waals surface area contributed by atoms with Crippen LogP contribution in [0.4, 0.5) is 5.82 Å². The van der Waals surface area contributed by atoms with E-state index in [9.17, 15) is 10.1 Å². The Balaban J connectivity index is 1.58. The van der Waals surface area contributed by atoms with Gasteiger partial charge in [-0.2, -0.15) is 5.26 Å². The minimum atomic E-state index is -0.380. The van der Waals surface area contributed by atoms with Crippen molar-refractivity contribution in [3.63, 3.8) is 0 Å². The van der Waals surface area contributed by atoms with E-state index in [1.165, 1.54) is 12.7 Å². The van der Waals surface area contributed by atoms with Crippen molar-refractivity contribution in [2.24, 2.45) is 0 Å².